The Kier molecular flexibility index (Phi) is 8.54. The van der Waals surface area contributed by atoms with E-state index in [2.05, 4.69) is 0 Å². The number of ether oxygens (including phenoxy) is 2. The van der Waals surface area contributed by atoms with Gasteiger partial charge in [0.1, 0.15) is 6.61 Å². The van der Waals surface area contributed by atoms with Crippen LogP contribution in [0.3, 0.4) is 0 Å². The number of alkyl halides is 4. The smallest absolute Gasteiger partial charge is 0.315 e. The molecule has 0 bridgehead atoms. The van der Waals surface area contributed by atoms with Gasteiger partial charge in [-0.1, -0.05) is 26.2 Å². The third-order valence-corrected chi connectivity index (χ3v) is 5.01. The van der Waals surface area contributed by atoms with E-state index in [1.807, 2.05) is 0 Å². The lowest BCUT2D eigenvalue weighted by atomic mass is 9.87. The standard InChI is InChI=1S/C19H30F4O4/c1-4-17(2,13-27-15(24)14-8-6-5-7-9-14)16(25)26-11-10-19(22,23)12-18(3,20)21/h14H,4-13H2,1-3H3. The molecule has 4 nitrogen and oxygen atoms in total. The molecule has 0 spiro atoms. The fraction of sp³-hybridized carbons (Fsp3) is 0.895. The van der Waals surface area contributed by atoms with Crippen LogP contribution in [0.25, 0.3) is 0 Å². The Morgan fingerprint density at radius 3 is 2.11 bits per heavy atom. The van der Waals surface area contributed by atoms with E-state index in [9.17, 15) is 27.2 Å². The summed E-state index contributed by atoms with van der Waals surface area (Å²) in [6.07, 6.45) is 2.28. The summed E-state index contributed by atoms with van der Waals surface area (Å²) in [5, 5.41) is 0. The molecule has 0 saturated heterocycles. The van der Waals surface area contributed by atoms with Crippen LogP contribution < -0.4 is 0 Å². The molecule has 8 heteroatoms. The minimum atomic E-state index is -3.63. The van der Waals surface area contributed by atoms with Crippen molar-refractivity contribution in [1.29, 1.82) is 0 Å². The van der Waals surface area contributed by atoms with Crippen LogP contribution >= 0.6 is 0 Å². The minimum Gasteiger partial charge on any atom is -0.465 e. The molecule has 0 amide bonds. The first-order valence-electron chi connectivity index (χ1n) is 9.48. The van der Waals surface area contributed by atoms with Gasteiger partial charge >= 0.3 is 11.9 Å². The van der Waals surface area contributed by atoms with E-state index in [4.69, 9.17) is 9.47 Å². The Morgan fingerprint density at radius 1 is 1.00 bits per heavy atom. The molecule has 1 saturated carbocycles. The first kappa shape index (κ1) is 23.7. The van der Waals surface area contributed by atoms with Gasteiger partial charge in [0, 0.05) is 6.42 Å². The Morgan fingerprint density at radius 2 is 1.59 bits per heavy atom. The zero-order chi connectivity index (χ0) is 20.7. The highest BCUT2D eigenvalue weighted by Crippen LogP contribution is 2.33. The number of carbonyl (C=O) groups is 2. The van der Waals surface area contributed by atoms with Gasteiger partial charge in [-0.2, -0.15) is 0 Å². The predicted molar refractivity (Wildman–Crippen MR) is 91.7 cm³/mol. The van der Waals surface area contributed by atoms with E-state index in [1.165, 1.54) is 6.92 Å². The van der Waals surface area contributed by atoms with E-state index in [0.717, 1.165) is 32.1 Å². The summed E-state index contributed by atoms with van der Waals surface area (Å²) in [6, 6.07) is 0. The zero-order valence-corrected chi connectivity index (χ0v) is 16.3. The largest absolute Gasteiger partial charge is 0.465 e. The number of hydrogen-bond donors (Lipinski definition) is 0. The van der Waals surface area contributed by atoms with Crippen molar-refractivity contribution in [3.63, 3.8) is 0 Å². The maximum atomic E-state index is 13.5. The summed E-state index contributed by atoms with van der Waals surface area (Å²) in [5.41, 5.74) is -1.16. The highest BCUT2D eigenvalue weighted by Gasteiger charge is 2.41. The van der Waals surface area contributed by atoms with Gasteiger partial charge < -0.3 is 9.47 Å². The van der Waals surface area contributed by atoms with Crippen LogP contribution in [-0.4, -0.2) is 37.0 Å². The van der Waals surface area contributed by atoms with Crippen molar-refractivity contribution >= 4 is 11.9 Å². The molecule has 1 rings (SSSR count). The molecule has 1 fully saturated rings. The van der Waals surface area contributed by atoms with Crippen LogP contribution in [0.1, 0.15) is 72.1 Å². The third-order valence-electron chi connectivity index (χ3n) is 5.01. The molecular weight excluding hydrogens is 368 g/mol. The number of halogens is 4. The fourth-order valence-corrected chi connectivity index (χ4v) is 3.00. The summed E-state index contributed by atoms with van der Waals surface area (Å²) in [7, 11) is 0. The maximum absolute atomic E-state index is 13.5. The highest BCUT2D eigenvalue weighted by molar-refractivity contribution is 5.78. The van der Waals surface area contributed by atoms with Gasteiger partial charge in [0.2, 0.25) is 0 Å². The topological polar surface area (TPSA) is 52.6 Å². The molecule has 1 atom stereocenters. The Hall–Kier alpha value is -1.34. The van der Waals surface area contributed by atoms with E-state index >= 15 is 0 Å². The summed E-state index contributed by atoms with van der Waals surface area (Å²) >= 11 is 0. The van der Waals surface area contributed by atoms with Crippen LogP contribution in [0.4, 0.5) is 17.6 Å². The lowest BCUT2D eigenvalue weighted by Gasteiger charge is -2.28. The molecule has 0 aromatic heterocycles. The zero-order valence-electron chi connectivity index (χ0n) is 16.3. The molecule has 1 unspecified atom stereocenters. The number of esters is 2. The predicted octanol–water partition coefficient (Wildman–Crippen LogP) is 5.14. The van der Waals surface area contributed by atoms with Gasteiger partial charge in [-0.05, 0) is 33.1 Å². The van der Waals surface area contributed by atoms with Crippen molar-refractivity contribution < 1.29 is 36.6 Å². The summed E-state index contributed by atoms with van der Waals surface area (Å²) < 4.78 is 62.6. The van der Waals surface area contributed by atoms with Crippen LogP contribution in [0.15, 0.2) is 0 Å². The molecule has 1 aliphatic carbocycles. The SMILES string of the molecule is CCC(C)(COC(=O)C1CCCCC1)C(=O)OCCC(F)(F)CC(C)(F)F. The second-order valence-corrected chi connectivity index (χ2v) is 7.85. The number of rotatable bonds is 10. The second kappa shape index (κ2) is 9.73. The van der Waals surface area contributed by atoms with Crippen LogP contribution in [0, 0.1) is 11.3 Å². The van der Waals surface area contributed by atoms with Crippen molar-refractivity contribution in [2.45, 2.75) is 84.0 Å². The molecule has 1 aliphatic rings. The van der Waals surface area contributed by atoms with Gasteiger partial charge in [0.05, 0.1) is 24.4 Å². The molecule has 27 heavy (non-hydrogen) atoms. The molecule has 0 aromatic carbocycles. The molecule has 0 N–H and O–H groups in total. The van der Waals surface area contributed by atoms with E-state index in [-0.39, 0.29) is 24.9 Å². The summed E-state index contributed by atoms with van der Waals surface area (Å²) in [6.45, 7) is 2.78. The van der Waals surface area contributed by atoms with Gasteiger partial charge in [0.15, 0.2) is 0 Å². The molecule has 0 heterocycles. The van der Waals surface area contributed by atoms with Gasteiger partial charge in [-0.15, -0.1) is 0 Å². The van der Waals surface area contributed by atoms with Crippen LogP contribution in [-0.2, 0) is 19.1 Å². The van der Waals surface area contributed by atoms with Crippen molar-refractivity contribution in [3.05, 3.63) is 0 Å². The second-order valence-electron chi connectivity index (χ2n) is 7.85. The van der Waals surface area contributed by atoms with Crippen molar-refractivity contribution in [3.8, 4) is 0 Å². The van der Waals surface area contributed by atoms with Gasteiger partial charge in [-0.3, -0.25) is 9.59 Å². The first-order chi connectivity index (χ1) is 12.4. The molecular formula is C19H30F4O4. The Bertz CT molecular complexity index is 498. The van der Waals surface area contributed by atoms with E-state index < -0.39 is 42.7 Å². The van der Waals surface area contributed by atoms with Gasteiger partial charge in [-0.25, -0.2) is 17.6 Å². The Balaban J connectivity index is 2.48. The number of hydrogen-bond acceptors (Lipinski definition) is 4. The highest BCUT2D eigenvalue weighted by atomic mass is 19.3. The molecule has 0 radical (unpaired) electrons. The van der Waals surface area contributed by atoms with E-state index in [1.54, 1.807) is 6.92 Å². The monoisotopic (exact) mass is 398 g/mol. The lowest BCUT2D eigenvalue weighted by Crippen LogP contribution is -2.37. The minimum absolute atomic E-state index is 0.162. The van der Waals surface area contributed by atoms with Crippen molar-refractivity contribution in [2.75, 3.05) is 13.2 Å². The molecule has 158 valence electrons. The fourth-order valence-electron chi connectivity index (χ4n) is 3.00. The van der Waals surface area contributed by atoms with Crippen LogP contribution in [0.2, 0.25) is 0 Å². The molecule has 0 aliphatic heterocycles. The first-order valence-corrected chi connectivity index (χ1v) is 9.48. The third kappa shape index (κ3) is 8.47. The average Bonchev–Trinajstić information content (AvgIpc) is 2.57. The normalized spacial score (nSPS) is 18.6. The quantitative estimate of drug-likeness (QED) is 0.378. The van der Waals surface area contributed by atoms with Crippen LogP contribution in [0.5, 0.6) is 0 Å². The maximum Gasteiger partial charge on any atom is 0.315 e. The molecule has 0 aromatic rings. The van der Waals surface area contributed by atoms with Gasteiger partial charge in [0.25, 0.3) is 11.8 Å². The van der Waals surface area contributed by atoms with Crippen molar-refractivity contribution in [1.82, 2.24) is 0 Å². The summed E-state index contributed by atoms with van der Waals surface area (Å²) in [5.74, 6) is -8.42. The summed E-state index contributed by atoms with van der Waals surface area (Å²) in [4.78, 5) is 24.4. The Labute approximate surface area is 158 Å². The lowest BCUT2D eigenvalue weighted by molar-refractivity contribution is -0.167. The average molecular weight is 398 g/mol. The number of carbonyl (C=O) groups excluding carboxylic acids is 2. The van der Waals surface area contributed by atoms with E-state index in [0.29, 0.717) is 6.92 Å². The van der Waals surface area contributed by atoms with Crippen molar-refractivity contribution in [2.24, 2.45) is 11.3 Å².